The first-order valence-electron chi connectivity index (χ1n) is 6.53. The standard InChI is InChI=1S/C14H18N4O/c1-10-4-3-5-11(6-10)14-16-13(17-19-14)9-18(2)12-7-15-8-12/h3-6,12,15H,7-9H2,1-2H3. The minimum Gasteiger partial charge on any atom is -0.334 e. The van der Waals surface area contributed by atoms with E-state index in [-0.39, 0.29) is 0 Å². The average Bonchev–Trinajstić information content (AvgIpc) is 2.75. The quantitative estimate of drug-likeness (QED) is 0.899. The first-order chi connectivity index (χ1) is 9.22. The van der Waals surface area contributed by atoms with Gasteiger partial charge in [-0.25, -0.2) is 0 Å². The first kappa shape index (κ1) is 12.3. The zero-order valence-corrected chi connectivity index (χ0v) is 11.3. The molecule has 0 unspecified atom stereocenters. The van der Waals surface area contributed by atoms with Crippen LogP contribution in [0.1, 0.15) is 11.4 Å². The molecule has 0 spiro atoms. The van der Waals surface area contributed by atoms with E-state index in [4.69, 9.17) is 4.52 Å². The third-order valence-corrected chi connectivity index (χ3v) is 3.51. The van der Waals surface area contributed by atoms with Gasteiger partial charge in [0.15, 0.2) is 5.82 Å². The molecule has 0 amide bonds. The molecule has 1 aromatic heterocycles. The number of aryl methyl sites for hydroxylation is 1. The van der Waals surface area contributed by atoms with Crippen LogP contribution >= 0.6 is 0 Å². The molecule has 1 fully saturated rings. The summed E-state index contributed by atoms with van der Waals surface area (Å²) in [6.45, 7) is 4.86. The van der Waals surface area contributed by atoms with E-state index in [1.807, 2.05) is 12.1 Å². The fourth-order valence-electron chi connectivity index (χ4n) is 2.15. The summed E-state index contributed by atoms with van der Waals surface area (Å²) in [5.74, 6) is 1.34. The van der Waals surface area contributed by atoms with Crippen molar-refractivity contribution >= 4 is 0 Å². The van der Waals surface area contributed by atoms with Gasteiger partial charge in [-0.05, 0) is 26.1 Å². The van der Waals surface area contributed by atoms with Gasteiger partial charge in [0.1, 0.15) is 0 Å². The maximum absolute atomic E-state index is 5.33. The van der Waals surface area contributed by atoms with Crippen molar-refractivity contribution < 1.29 is 4.52 Å². The van der Waals surface area contributed by atoms with E-state index < -0.39 is 0 Å². The molecular formula is C14H18N4O. The van der Waals surface area contributed by atoms with E-state index in [1.165, 1.54) is 5.56 Å². The molecule has 5 nitrogen and oxygen atoms in total. The Balaban J connectivity index is 1.72. The Bertz CT molecular complexity index is 562. The number of aromatic nitrogens is 2. The molecule has 0 aliphatic carbocycles. The molecule has 0 bridgehead atoms. The summed E-state index contributed by atoms with van der Waals surface area (Å²) in [6.07, 6.45) is 0. The highest BCUT2D eigenvalue weighted by Crippen LogP contribution is 2.18. The smallest absolute Gasteiger partial charge is 0.257 e. The molecule has 1 aliphatic heterocycles. The largest absolute Gasteiger partial charge is 0.334 e. The topological polar surface area (TPSA) is 54.2 Å². The fourth-order valence-corrected chi connectivity index (χ4v) is 2.15. The van der Waals surface area contributed by atoms with Gasteiger partial charge in [-0.15, -0.1) is 0 Å². The third kappa shape index (κ3) is 2.67. The van der Waals surface area contributed by atoms with Crippen LogP contribution in [0.15, 0.2) is 28.8 Å². The minimum absolute atomic E-state index is 0.584. The second-order valence-corrected chi connectivity index (χ2v) is 5.11. The SMILES string of the molecule is Cc1cccc(-c2nc(CN(C)C3CNC3)no2)c1. The molecule has 19 heavy (non-hydrogen) atoms. The van der Waals surface area contributed by atoms with Crippen molar-refractivity contribution in [3.05, 3.63) is 35.7 Å². The lowest BCUT2D eigenvalue weighted by atomic mass is 10.1. The molecule has 100 valence electrons. The molecule has 1 aliphatic rings. The lowest BCUT2D eigenvalue weighted by molar-refractivity contribution is 0.168. The van der Waals surface area contributed by atoms with Gasteiger partial charge in [-0.2, -0.15) is 4.98 Å². The van der Waals surface area contributed by atoms with Gasteiger partial charge in [0, 0.05) is 24.7 Å². The fraction of sp³-hybridized carbons (Fsp3) is 0.429. The van der Waals surface area contributed by atoms with Gasteiger partial charge in [0.25, 0.3) is 5.89 Å². The molecule has 0 saturated carbocycles. The van der Waals surface area contributed by atoms with E-state index in [0.717, 1.165) is 31.0 Å². The zero-order valence-electron chi connectivity index (χ0n) is 11.3. The Hall–Kier alpha value is -1.72. The number of nitrogens with one attached hydrogen (secondary N) is 1. The maximum atomic E-state index is 5.33. The highest BCUT2D eigenvalue weighted by molar-refractivity contribution is 5.53. The van der Waals surface area contributed by atoms with Gasteiger partial charge >= 0.3 is 0 Å². The summed E-state index contributed by atoms with van der Waals surface area (Å²) in [7, 11) is 2.09. The summed E-state index contributed by atoms with van der Waals surface area (Å²) < 4.78 is 5.33. The summed E-state index contributed by atoms with van der Waals surface area (Å²) in [5.41, 5.74) is 2.17. The van der Waals surface area contributed by atoms with Crippen LogP contribution in [0.4, 0.5) is 0 Å². The Morgan fingerprint density at radius 3 is 2.95 bits per heavy atom. The van der Waals surface area contributed by atoms with E-state index in [1.54, 1.807) is 0 Å². The number of benzene rings is 1. The van der Waals surface area contributed by atoms with Gasteiger partial charge in [-0.1, -0.05) is 22.9 Å². The molecule has 5 heteroatoms. The number of rotatable bonds is 4. The van der Waals surface area contributed by atoms with Crippen molar-refractivity contribution in [1.82, 2.24) is 20.4 Å². The predicted octanol–water partition coefficient (Wildman–Crippen LogP) is 1.45. The van der Waals surface area contributed by atoms with Gasteiger partial charge < -0.3 is 9.84 Å². The molecule has 2 heterocycles. The van der Waals surface area contributed by atoms with Crippen LogP contribution in [0.5, 0.6) is 0 Å². The second-order valence-electron chi connectivity index (χ2n) is 5.11. The van der Waals surface area contributed by atoms with Crippen molar-refractivity contribution in [2.24, 2.45) is 0 Å². The average molecular weight is 258 g/mol. The molecule has 1 saturated heterocycles. The van der Waals surface area contributed by atoms with Crippen LogP contribution in [0.3, 0.4) is 0 Å². The Labute approximate surface area is 112 Å². The van der Waals surface area contributed by atoms with Crippen molar-refractivity contribution in [1.29, 1.82) is 0 Å². The Morgan fingerprint density at radius 2 is 2.26 bits per heavy atom. The zero-order chi connectivity index (χ0) is 13.2. The van der Waals surface area contributed by atoms with Crippen LogP contribution in [-0.4, -0.2) is 41.2 Å². The predicted molar refractivity (Wildman–Crippen MR) is 72.6 cm³/mol. The highest BCUT2D eigenvalue weighted by atomic mass is 16.5. The molecule has 3 rings (SSSR count). The molecule has 0 atom stereocenters. The number of likely N-dealkylation sites (N-methyl/N-ethyl adjacent to an activating group) is 1. The van der Waals surface area contributed by atoms with Crippen molar-refractivity contribution in [3.63, 3.8) is 0 Å². The molecule has 1 aromatic carbocycles. The van der Waals surface area contributed by atoms with Crippen LogP contribution in [0.25, 0.3) is 11.5 Å². The van der Waals surface area contributed by atoms with Gasteiger partial charge in [-0.3, -0.25) is 4.90 Å². The molecule has 1 N–H and O–H groups in total. The van der Waals surface area contributed by atoms with E-state index in [9.17, 15) is 0 Å². The van der Waals surface area contributed by atoms with Crippen LogP contribution < -0.4 is 5.32 Å². The van der Waals surface area contributed by atoms with Crippen LogP contribution in [-0.2, 0) is 6.54 Å². The van der Waals surface area contributed by atoms with E-state index in [2.05, 4.69) is 46.5 Å². The Morgan fingerprint density at radius 1 is 1.42 bits per heavy atom. The van der Waals surface area contributed by atoms with Crippen molar-refractivity contribution in [2.75, 3.05) is 20.1 Å². The van der Waals surface area contributed by atoms with Gasteiger partial charge in [0.05, 0.1) is 6.54 Å². The minimum atomic E-state index is 0.584. The number of hydrogen-bond donors (Lipinski definition) is 1. The second kappa shape index (κ2) is 5.11. The lowest BCUT2D eigenvalue weighted by Gasteiger charge is -2.34. The maximum Gasteiger partial charge on any atom is 0.257 e. The highest BCUT2D eigenvalue weighted by Gasteiger charge is 2.22. The summed E-state index contributed by atoms with van der Waals surface area (Å²) in [6, 6.07) is 8.68. The number of hydrogen-bond acceptors (Lipinski definition) is 5. The van der Waals surface area contributed by atoms with Crippen LogP contribution in [0.2, 0.25) is 0 Å². The third-order valence-electron chi connectivity index (χ3n) is 3.51. The van der Waals surface area contributed by atoms with Crippen molar-refractivity contribution in [3.8, 4) is 11.5 Å². The number of nitrogens with zero attached hydrogens (tertiary/aromatic N) is 3. The molecular weight excluding hydrogens is 240 g/mol. The Kier molecular flexibility index (Phi) is 3.31. The summed E-state index contributed by atoms with van der Waals surface area (Å²) >= 11 is 0. The van der Waals surface area contributed by atoms with Gasteiger partial charge in [0.2, 0.25) is 0 Å². The van der Waals surface area contributed by atoms with E-state index >= 15 is 0 Å². The van der Waals surface area contributed by atoms with E-state index in [0.29, 0.717) is 11.9 Å². The van der Waals surface area contributed by atoms with Crippen LogP contribution in [0, 0.1) is 6.92 Å². The normalized spacial score (nSPS) is 15.7. The molecule has 2 aromatic rings. The first-order valence-corrected chi connectivity index (χ1v) is 6.53. The van der Waals surface area contributed by atoms with Crippen molar-refractivity contribution in [2.45, 2.75) is 19.5 Å². The summed E-state index contributed by atoms with van der Waals surface area (Å²) in [5, 5.41) is 7.31. The lowest BCUT2D eigenvalue weighted by Crippen LogP contribution is -2.55. The molecule has 0 radical (unpaired) electrons. The monoisotopic (exact) mass is 258 g/mol. The summed E-state index contributed by atoms with van der Waals surface area (Å²) in [4.78, 5) is 6.71.